The maximum atomic E-state index is 4.71. The van der Waals surface area contributed by atoms with E-state index >= 15 is 0 Å². The fourth-order valence-electron chi connectivity index (χ4n) is 2.26. The molecule has 0 bridgehead atoms. The van der Waals surface area contributed by atoms with Gasteiger partial charge >= 0.3 is 0 Å². The number of nitrogens with one attached hydrogen (secondary N) is 1. The lowest BCUT2D eigenvalue weighted by atomic mass is 9.93. The van der Waals surface area contributed by atoms with Gasteiger partial charge in [0.1, 0.15) is 0 Å². The van der Waals surface area contributed by atoms with Crippen LogP contribution in [0, 0.1) is 5.92 Å². The number of hydrogen-bond donors (Lipinski definition) is 1. The minimum Gasteiger partial charge on any atom is -0.356 e. The third-order valence-corrected chi connectivity index (χ3v) is 3.35. The molecule has 0 radical (unpaired) electrons. The van der Waals surface area contributed by atoms with Crippen LogP contribution in [-0.2, 0) is 5.41 Å². The molecule has 0 amide bonds. The molecule has 1 unspecified atom stereocenters. The summed E-state index contributed by atoms with van der Waals surface area (Å²) >= 11 is 0. The highest BCUT2D eigenvalue weighted by Crippen LogP contribution is 2.32. The number of fused-ring (bicyclic) bond motifs is 1. The summed E-state index contributed by atoms with van der Waals surface area (Å²) in [5.41, 5.74) is 1.32. The van der Waals surface area contributed by atoms with E-state index in [1.807, 2.05) is 0 Å². The molecule has 2 heterocycles. The van der Waals surface area contributed by atoms with Crippen molar-refractivity contribution in [2.75, 3.05) is 11.9 Å². The Hall–Kier alpha value is -0.990. The van der Waals surface area contributed by atoms with Gasteiger partial charge in [0.15, 0.2) is 0 Å². The van der Waals surface area contributed by atoms with Crippen LogP contribution < -0.4 is 5.32 Å². The van der Waals surface area contributed by atoms with E-state index in [2.05, 4.69) is 50.7 Å². The molecule has 1 aliphatic heterocycles. The van der Waals surface area contributed by atoms with E-state index in [0.29, 0.717) is 12.0 Å². The fourth-order valence-corrected chi connectivity index (χ4v) is 2.26. The van der Waals surface area contributed by atoms with Crippen LogP contribution in [0.1, 0.15) is 52.8 Å². The molecule has 0 aromatic carbocycles. The molecule has 1 N–H and O–H groups in total. The molecule has 3 heteroatoms. The van der Waals surface area contributed by atoms with Gasteiger partial charge in [-0.05, 0) is 12.3 Å². The van der Waals surface area contributed by atoms with Gasteiger partial charge in [0.2, 0.25) is 5.95 Å². The third-order valence-electron chi connectivity index (χ3n) is 3.35. The Kier molecular flexibility index (Phi) is 2.72. The highest BCUT2D eigenvalue weighted by molar-refractivity contribution is 5.34. The molecule has 1 aromatic rings. The van der Waals surface area contributed by atoms with E-state index in [0.717, 1.165) is 12.5 Å². The highest BCUT2D eigenvalue weighted by atomic mass is 15.2. The average Bonchev–Trinajstić information content (AvgIpc) is 2.59. The van der Waals surface area contributed by atoms with Gasteiger partial charge < -0.3 is 9.88 Å². The van der Waals surface area contributed by atoms with Crippen LogP contribution >= 0.6 is 0 Å². The molecule has 0 saturated carbocycles. The molecular weight excluding hydrogens is 198 g/mol. The lowest BCUT2D eigenvalue weighted by Crippen LogP contribution is -2.25. The smallest absolute Gasteiger partial charge is 0.203 e. The van der Waals surface area contributed by atoms with Crippen LogP contribution in [0.3, 0.4) is 0 Å². The van der Waals surface area contributed by atoms with E-state index in [9.17, 15) is 0 Å². The van der Waals surface area contributed by atoms with E-state index in [1.54, 1.807) is 0 Å². The van der Waals surface area contributed by atoms with Crippen molar-refractivity contribution in [2.45, 2.75) is 52.5 Å². The van der Waals surface area contributed by atoms with Gasteiger partial charge in [-0.3, -0.25) is 0 Å². The second-order valence-electron chi connectivity index (χ2n) is 6.13. The molecule has 1 aliphatic rings. The van der Waals surface area contributed by atoms with Gasteiger partial charge in [-0.25, -0.2) is 4.98 Å². The Morgan fingerprint density at radius 1 is 1.44 bits per heavy atom. The highest BCUT2D eigenvalue weighted by Gasteiger charge is 2.26. The maximum Gasteiger partial charge on any atom is 0.203 e. The zero-order valence-electron chi connectivity index (χ0n) is 11.0. The Morgan fingerprint density at radius 2 is 2.12 bits per heavy atom. The second kappa shape index (κ2) is 3.79. The van der Waals surface area contributed by atoms with Crippen LogP contribution in [0.4, 0.5) is 5.95 Å². The SMILES string of the molecule is CC(C)C1CCNc2nc(C(C)(C)C)cn21. The Morgan fingerprint density at radius 3 is 2.69 bits per heavy atom. The Labute approximate surface area is 98.3 Å². The van der Waals surface area contributed by atoms with Crippen molar-refractivity contribution < 1.29 is 0 Å². The molecule has 0 aliphatic carbocycles. The number of nitrogens with zero attached hydrogens (tertiary/aromatic N) is 2. The summed E-state index contributed by atoms with van der Waals surface area (Å²) < 4.78 is 2.33. The first-order valence-corrected chi connectivity index (χ1v) is 6.23. The number of rotatable bonds is 1. The molecule has 2 rings (SSSR count). The number of aromatic nitrogens is 2. The van der Waals surface area contributed by atoms with Crippen LogP contribution in [-0.4, -0.2) is 16.1 Å². The monoisotopic (exact) mass is 221 g/mol. The van der Waals surface area contributed by atoms with Gasteiger partial charge in [-0.2, -0.15) is 0 Å². The lowest BCUT2D eigenvalue weighted by molar-refractivity contribution is 0.349. The normalized spacial score (nSPS) is 20.8. The molecule has 0 spiro atoms. The second-order valence-corrected chi connectivity index (χ2v) is 6.13. The van der Waals surface area contributed by atoms with Gasteiger partial charge in [0.25, 0.3) is 0 Å². The van der Waals surface area contributed by atoms with Crippen molar-refractivity contribution in [3.8, 4) is 0 Å². The standard InChI is InChI=1S/C13H23N3/c1-9(2)10-6-7-14-12-15-11(8-16(10)12)13(3,4)5/h8-10H,6-7H2,1-5H3,(H,14,15). The summed E-state index contributed by atoms with van der Waals surface area (Å²) in [5.74, 6) is 1.72. The summed E-state index contributed by atoms with van der Waals surface area (Å²) in [4.78, 5) is 4.71. The predicted octanol–water partition coefficient (Wildman–Crippen LogP) is 3.19. The van der Waals surface area contributed by atoms with Gasteiger partial charge in [-0.15, -0.1) is 0 Å². The first kappa shape index (κ1) is 11.5. The number of imidazole rings is 1. The first-order chi connectivity index (χ1) is 7.39. The van der Waals surface area contributed by atoms with E-state index in [1.165, 1.54) is 12.1 Å². The molecule has 1 atom stereocenters. The average molecular weight is 221 g/mol. The first-order valence-electron chi connectivity index (χ1n) is 6.23. The summed E-state index contributed by atoms with van der Waals surface area (Å²) in [6, 6.07) is 0.597. The molecular formula is C13H23N3. The van der Waals surface area contributed by atoms with Crippen LogP contribution in [0.15, 0.2) is 6.20 Å². The van der Waals surface area contributed by atoms with Crippen molar-refractivity contribution in [1.82, 2.24) is 9.55 Å². The van der Waals surface area contributed by atoms with Crippen molar-refractivity contribution in [1.29, 1.82) is 0 Å². The fraction of sp³-hybridized carbons (Fsp3) is 0.769. The predicted molar refractivity (Wildman–Crippen MR) is 67.9 cm³/mol. The molecule has 0 saturated heterocycles. The maximum absolute atomic E-state index is 4.71. The zero-order valence-corrected chi connectivity index (χ0v) is 11.0. The summed E-state index contributed by atoms with van der Waals surface area (Å²) in [6.07, 6.45) is 3.43. The number of hydrogen-bond acceptors (Lipinski definition) is 2. The van der Waals surface area contributed by atoms with Crippen LogP contribution in [0.25, 0.3) is 0 Å². The molecule has 16 heavy (non-hydrogen) atoms. The van der Waals surface area contributed by atoms with Crippen molar-refractivity contribution in [3.05, 3.63) is 11.9 Å². The third kappa shape index (κ3) is 1.95. The van der Waals surface area contributed by atoms with E-state index in [-0.39, 0.29) is 5.41 Å². The largest absolute Gasteiger partial charge is 0.356 e. The van der Waals surface area contributed by atoms with Crippen molar-refractivity contribution >= 4 is 5.95 Å². The quantitative estimate of drug-likeness (QED) is 0.789. The molecule has 1 aromatic heterocycles. The lowest BCUT2D eigenvalue weighted by Gasteiger charge is -2.28. The van der Waals surface area contributed by atoms with Gasteiger partial charge in [-0.1, -0.05) is 34.6 Å². The Bertz CT molecular complexity index is 371. The van der Waals surface area contributed by atoms with Crippen LogP contribution in [0.2, 0.25) is 0 Å². The molecule has 3 nitrogen and oxygen atoms in total. The molecule has 90 valence electrons. The van der Waals surface area contributed by atoms with E-state index < -0.39 is 0 Å². The number of anilines is 1. The molecule has 0 fully saturated rings. The minimum absolute atomic E-state index is 0.132. The minimum atomic E-state index is 0.132. The topological polar surface area (TPSA) is 29.9 Å². The summed E-state index contributed by atoms with van der Waals surface area (Å²) in [5, 5.41) is 3.39. The summed E-state index contributed by atoms with van der Waals surface area (Å²) in [7, 11) is 0. The van der Waals surface area contributed by atoms with E-state index in [4.69, 9.17) is 4.98 Å². The van der Waals surface area contributed by atoms with Gasteiger partial charge in [0, 0.05) is 24.2 Å². The van der Waals surface area contributed by atoms with Crippen molar-refractivity contribution in [3.63, 3.8) is 0 Å². The zero-order chi connectivity index (χ0) is 11.9. The Balaban J connectivity index is 2.38. The van der Waals surface area contributed by atoms with Crippen LogP contribution in [0.5, 0.6) is 0 Å². The summed E-state index contributed by atoms with van der Waals surface area (Å²) in [6.45, 7) is 12.3. The van der Waals surface area contributed by atoms with Gasteiger partial charge in [0.05, 0.1) is 5.69 Å². The van der Waals surface area contributed by atoms with Crippen molar-refractivity contribution in [2.24, 2.45) is 5.92 Å².